The second-order valence-corrected chi connectivity index (χ2v) is 3.43. The summed E-state index contributed by atoms with van der Waals surface area (Å²) >= 11 is 4.58. The van der Waals surface area contributed by atoms with Crippen LogP contribution in [0, 0.1) is 0 Å². The van der Waals surface area contributed by atoms with Crippen molar-refractivity contribution in [2.75, 3.05) is 0 Å². The Morgan fingerprint density at radius 2 is 2.08 bits per heavy atom. The van der Waals surface area contributed by atoms with Crippen LogP contribution in [-0.2, 0) is 0 Å². The molecule has 0 aromatic heterocycles. The van der Waals surface area contributed by atoms with Gasteiger partial charge in [-0.05, 0) is 25.1 Å². The summed E-state index contributed by atoms with van der Waals surface area (Å²) in [5.41, 5.74) is 7.71. The van der Waals surface area contributed by atoms with Crippen molar-refractivity contribution in [1.82, 2.24) is 5.43 Å². The summed E-state index contributed by atoms with van der Waals surface area (Å²) in [6, 6.07) is 0. The number of nitrogens with zero attached hydrogens (tertiary/aromatic N) is 1. The number of hydrogen-bond acceptors (Lipinski definition) is 2. The number of hydrogen-bond donors (Lipinski definition) is 2. The zero-order valence-electron chi connectivity index (χ0n) is 8.25. The van der Waals surface area contributed by atoms with E-state index in [1.54, 1.807) is 0 Å². The van der Waals surface area contributed by atoms with Crippen LogP contribution >= 0.6 is 12.2 Å². The lowest BCUT2D eigenvalue weighted by Gasteiger charge is -1.96. The first kappa shape index (κ1) is 12.4. The molecule has 13 heavy (non-hydrogen) atoms. The Morgan fingerprint density at radius 3 is 2.69 bits per heavy atom. The van der Waals surface area contributed by atoms with Gasteiger partial charge in [0.2, 0.25) is 0 Å². The zero-order valence-corrected chi connectivity index (χ0v) is 9.07. The average Bonchev–Trinajstić information content (AvgIpc) is 2.09. The van der Waals surface area contributed by atoms with Crippen molar-refractivity contribution in [3.63, 3.8) is 0 Å². The van der Waals surface area contributed by atoms with Crippen LogP contribution in [-0.4, -0.2) is 11.3 Å². The minimum Gasteiger partial charge on any atom is -0.375 e. The van der Waals surface area contributed by atoms with Crippen molar-refractivity contribution < 1.29 is 0 Å². The smallest absolute Gasteiger partial charge is 0.184 e. The van der Waals surface area contributed by atoms with Crippen molar-refractivity contribution >= 4 is 23.5 Å². The Labute approximate surface area is 85.8 Å². The lowest BCUT2D eigenvalue weighted by atomic mass is 10.1. The van der Waals surface area contributed by atoms with E-state index < -0.39 is 0 Å². The molecule has 76 valence electrons. The monoisotopic (exact) mass is 201 g/mol. The van der Waals surface area contributed by atoms with Crippen LogP contribution in [0.15, 0.2) is 5.10 Å². The molecule has 0 aliphatic heterocycles. The summed E-state index contributed by atoms with van der Waals surface area (Å²) in [5.74, 6) is 0. The second-order valence-electron chi connectivity index (χ2n) is 2.99. The fourth-order valence-corrected chi connectivity index (χ4v) is 1.07. The quantitative estimate of drug-likeness (QED) is 0.287. The zero-order chi connectivity index (χ0) is 9.94. The molecule has 0 aliphatic carbocycles. The van der Waals surface area contributed by atoms with Crippen LogP contribution in [0.5, 0.6) is 0 Å². The highest BCUT2D eigenvalue weighted by atomic mass is 32.1. The molecule has 0 radical (unpaired) electrons. The third-order valence-electron chi connectivity index (χ3n) is 1.70. The number of nitrogens with two attached hydrogens (primary N) is 1. The Balaban J connectivity index is 3.06. The summed E-state index contributed by atoms with van der Waals surface area (Å²) in [6.07, 6.45) is 9.26. The van der Waals surface area contributed by atoms with E-state index in [1.807, 2.05) is 6.21 Å². The summed E-state index contributed by atoms with van der Waals surface area (Å²) in [4.78, 5) is 0. The molecule has 0 amide bonds. The molecule has 0 saturated heterocycles. The lowest BCUT2D eigenvalue weighted by molar-refractivity contribution is 0.644. The van der Waals surface area contributed by atoms with E-state index in [9.17, 15) is 0 Å². The minimum absolute atomic E-state index is 0.224. The molecule has 0 rings (SSSR count). The fraction of sp³-hybridized carbons (Fsp3) is 0.778. The van der Waals surface area contributed by atoms with Gasteiger partial charge in [-0.1, -0.05) is 32.6 Å². The Morgan fingerprint density at radius 1 is 1.38 bits per heavy atom. The molecular weight excluding hydrogens is 182 g/mol. The Bertz CT molecular complexity index is 157. The maximum absolute atomic E-state index is 5.18. The Hall–Kier alpha value is -0.640. The summed E-state index contributed by atoms with van der Waals surface area (Å²) in [6.45, 7) is 2.22. The summed E-state index contributed by atoms with van der Waals surface area (Å²) in [5, 5.41) is 4.07. The van der Waals surface area contributed by atoms with Crippen LogP contribution in [0.3, 0.4) is 0 Å². The molecule has 4 heteroatoms. The molecule has 0 fully saturated rings. The molecule has 0 bridgehead atoms. The lowest BCUT2D eigenvalue weighted by Crippen LogP contribution is -2.23. The number of hydrazone groups is 1. The molecule has 0 aromatic carbocycles. The van der Waals surface area contributed by atoms with Gasteiger partial charge in [-0.15, -0.1) is 0 Å². The Kier molecular flexibility index (Phi) is 8.98. The molecule has 0 aliphatic rings. The fourth-order valence-electron chi connectivity index (χ4n) is 1.01. The van der Waals surface area contributed by atoms with E-state index in [0.717, 1.165) is 6.42 Å². The van der Waals surface area contributed by atoms with Gasteiger partial charge in [0, 0.05) is 6.21 Å². The molecular formula is C9H19N3S. The molecule has 0 saturated carbocycles. The SMILES string of the molecule is CCCCCCC/C=N/NC(N)=S. The van der Waals surface area contributed by atoms with Crippen molar-refractivity contribution in [3.05, 3.63) is 0 Å². The second kappa shape index (κ2) is 9.45. The third-order valence-corrected chi connectivity index (χ3v) is 1.79. The largest absolute Gasteiger partial charge is 0.375 e. The van der Waals surface area contributed by atoms with E-state index in [2.05, 4.69) is 29.7 Å². The highest BCUT2D eigenvalue weighted by Gasteiger charge is 1.86. The topological polar surface area (TPSA) is 50.4 Å². The van der Waals surface area contributed by atoms with Gasteiger partial charge in [0.05, 0.1) is 0 Å². The van der Waals surface area contributed by atoms with Gasteiger partial charge in [-0.3, -0.25) is 5.43 Å². The first-order valence-electron chi connectivity index (χ1n) is 4.84. The van der Waals surface area contributed by atoms with Gasteiger partial charge in [-0.2, -0.15) is 5.10 Å². The molecule has 0 aromatic rings. The van der Waals surface area contributed by atoms with Gasteiger partial charge in [0.1, 0.15) is 0 Å². The minimum atomic E-state index is 0.224. The van der Waals surface area contributed by atoms with Crippen molar-refractivity contribution in [1.29, 1.82) is 0 Å². The van der Waals surface area contributed by atoms with Crippen LogP contribution in [0.2, 0.25) is 0 Å². The van der Waals surface area contributed by atoms with E-state index in [4.69, 9.17) is 5.73 Å². The number of nitrogens with one attached hydrogen (secondary N) is 1. The van der Waals surface area contributed by atoms with Gasteiger partial charge in [0.15, 0.2) is 5.11 Å². The third kappa shape index (κ3) is 11.4. The van der Waals surface area contributed by atoms with Crippen molar-refractivity contribution in [2.24, 2.45) is 10.8 Å². The number of rotatable bonds is 7. The summed E-state index contributed by atoms with van der Waals surface area (Å²) < 4.78 is 0. The van der Waals surface area contributed by atoms with Crippen LogP contribution < -0.4 is 11.2 Å². The summed E-state index contributed by atoms with van der Waals surface area (Å²) in [7, 11) is 0. The highest BCUT2D eigenvalue weighted by molar-refractivity contribution is 7.80. The predicted octanol–water partition coefficient (Wildman–Crippen LogP) is 2.17. The standard InChI is InChI=1S/C9H19N3S/c1-2-3-4-5-6-7-8-11-12-9(10)13/h8H,2-7H2,1H3,(H3,10,12,13)/b11-8+. The first-order chi connectivity index (χ1) is 6.27. The molecule has 0 heterocycles. The van der Waals surface area contributed by atoms with E-state index in [0.29, 0.717) is 0 Å². The van der Waals surface area contributed by atoms with Gasteiger partial charge < -0.3 is 5.73 Å². The van der Waals surface area contributed by atoms with E-state index >= 15 is 0 Å². The predicted molar refractivity (Wildman–Crippen MR) is 61.8 cm³/mol. The van der Waals surface area contributed by atoms with E-state index in [1.165, 1.54) is 32.1 Å². The van der Waals surface area contributed by atoms with Crippen molar-refractivity contribution in [2.45, 2.75) is 45.4 Å². The van der Waals surface area contributed by atoms with Gasteiger partial charge in [-0.25, -0.2) is 0 Å². The molecule has 3 nitrogen and oxygen atoms in total. The maximum Gasteiger partial charge on any atom is 0.184 e. The van der Waals surface area contributed by atoms with Gasteiger partial charge >= 0.3 is 0 Å². The maximum atomic E-state index is 5.18. The van der Waals surface area contributed by atoms with Crippen molar-refractivity contribution in [3.8, 4) is 0 Å². The molecule has 0 atom stereocenters. The number of thiocarbonyl (C=S) groups is 1. The van der Waals surface area contributed by atoms with Gasteiger partial charge in [0.25, 0.3) is 0 Å². The average molecular weight is 201 g/mol. The highest BCUT2D eigenvalue weighted by Crippen LogP contribution is 2.03. The molecule has 3 N–H and O–H groups in total. The molecule has 0 unspecified atom stereocenters. The van der Waals surface area contributed by atoms with Crippen LogP contribution in [0.4, 0.5) is 0 Å². The van der Waals surface area contributed by atoms with E-state index in [-0.39, 0.29) is 5.11 Å². The normalized spacial score (nSPS) is 10.5. The first-order valence-corrected chi connectivity index (χ1v) is 5.25. The van der Waals surface area contributed by atoms with Crippen LogP contribution in [0.1, 0.15) is 45.4 Å². The molecule has 0 spiro atoms. The van der Waals surface area contributed by atoms with Crippen LogP contribution in [0.25, 0.3) is 0 Å². The number of unbranched alkanes of at least 4 members (excludes halogenated alkanes) is 5.